The lowest BCUT2D eigenvalue weighted by atomic mass is 9.74. The molecule has 6 atom stereocenters. The fourth-order valence-electron chi connectivity index (χ4n) is 6.65. The number of benzene rings is 2. The molecule has 1 amide bonds. The standard InChI is InChI=1S/C27H32F2N6O2/c1-35-13-15(10-19-21(28)3-2-4-22(19)29)9-18(14-35)30-27(36)17-6-7-23-20(11-17)26(32-31-23)16-5-8-24-25(12-16)34-37-33-24/h2-5,8,12,15,17-18,20,23,26,31-32H,6-7,9-11,13-14H2,1H3,(H,30,36)/t15-,17?,18+,20?,23?,26?/m0/s1. The van der Waals surface area contributed by atoms with Crippen LogP contribution < -0.4 is 16.2 Å². The van der Waals surface area contributed by atoms with E-state index in [4.69, 9.17) is 4.63 Å². The van der Waals surface area contributed by atoms with Gasteiger partial charge in [0.25, 0.3) is 0 Å². The Morgan fingerprint density at radius 1 is 1.08 bits per heavy atom. The molecule has 8 nitrogen and oxygen atoms in total. The molecule has 2 aromatic carbocycles. The van der Waals surface area contributed by atoms with E-state index in [9.17, 15) is 13.6 Å². The van der Waals surface area contributed by atoms with Crippen LogP contribution in [0.3, 0.4) is 0 Å². The van der Waals surface area contributed by atoms with Crippen LogP contribution in [0.4, 0.5) is 8.78 Å². The number of hydrogen-bond donors (Lipinski definition) is 3. The van der Waals surface area contributed by atoms with Gasteiger partial charge in [-0.15, -0.1) is 0 Å². The predicted octanol–water partition coefficient (Wildman–Crippen LogP) is 3.11. The number of rotatable bonds is 5. The van der Waals surface area contributed by atoms with Crippen LogP contribution in [0.25, 0.3) is 11.0 Å². The molecule has 3 fully saturated rings. The zero-order valence-corrected chi connectivity index (χ0v) is 20.8. The number of carbonyl (C=O) groups is 1. The summed E-state index contributed by atoms with van der Waals surface area (Å²) >= 11 is 0. The molecule has 3 heterocycles. The molecule has 3 aromatic rings. The number of amides is 1. The highest BCUT2D eigenvalue weighted by atomic mass is 19.1. The van der Waals surface area contributed by atoms with Gasteiger partial charge in [-0.3, -0.25) is 10.2 Å². The molecule has 4 unspecified atom stereocenters. The molecule has 1 aromatic heterocycles. The molecule has 0 spiro atoms. The minimum atomic E-state index is -0.502. The molecule has 6 rings (SSSR count). The van der Waals surface area contributed by atoms with E-state index in [0.717, 1.165) is 48.9 Å². The SMILES string of the molecule is CN1C[C@H](Cc2c(F)cccc2F)C[C@@H](NC(=O)C2CCC3NNC(c4ccc5nonc5c4)C3C2)C1. The Labute approximate surface area is 214 Å². The normalized spacial score (nSPS) is 30.4. The van der Waals surface area contributed by atoms with Crippen LogP contribution in [0.15, 0.2) is 41.0 Å². The van der Waals surface area contributed by atoms with E-state index in [0.29, 0.717) is 18.9 Å². The Balaban J connectivity index is 1.10. The monoisotopic (exact) mass is 510 g/mol. The number of nitrogens with zero attached hydrogens (tertiary/aromatic N) is 3. The molecule has 2 saturated heterocycles. The highest BCUT2D eigenvalue weighted by Crippen LogP contribution is 2.41. The van der Waals surface area contributed by atoms with Crippen molar-refractivity contribution in [3.8, 4) is 0 Å². The third-order valence-electron chi connectivity index (χ3n) is 8.38. The van der Waals surface area contributed by atoms with Gasteiger partial charge in [-0.25, -0.2) is 18.8 Å². The van der Waals surface area contributed by atoms with E-state index in [2.05, 4.69) is 31.4 Å². The maximum absolute atomic E-state index is 14.2. The summed E-state index contributed by atoms with van der Waals surface area (Å²) in [7, 11) is 2.00. The molecule has 1 aliphatic carbocycles. The molecule has 10 heteroatoms. The first kappa shape index (κ1) is 24.4. The zero-order valence-electron chi connectivity index (χ0n) is 20.8. The summed E-state index contributed by atoms with van der Waals surface area (Å²) in [6, 6.07) is 10.3. The highest BCUT2D eigenvalue weighted by molar-refractivity contribution is 5.79. The Bertz CT molecular complexity index is 1260. The van der Waals surface area contributed by atoms with E-state index in [-0.39, 0.29) is 41.3 Å². The Morgan fingerprint density at radius 3 is 2.73 bits per heavy atom. The van der Waals surface area contributed by atoms with Crippen molar-refractivity contribution in [1.82, 2.24) is 31.4 Å². The fraction of sp³-hybridized carbons (Fsp3) is 0.519. The van der Waals surface area contributed by atoms with Crippen molar-refractivity contribution in [1.29, 1.82) is 0 Å². The topological polar surface area (TPSA) is 95.3 Å². The van der Waals surface area contributed by atoms with Gasteiger partial charge >= 0.3 is 0 Å². The van der Waals surface area contributed by atoms with Gasteiger partial charge in [-0.1, -0.05) is 12.1 Å². The molecule has 3 aliphatic rings. The van der Waals surface area contributed by atoms with Crippen LogP contribution in [-0.2, 0) is 11.2 Å². The molecular formula is C27H32F2N6O2. The number of likely N-dealkylation sites (N-methyl/N-ethyl adjacent to an activating group) is 1. The lowest BCUT2D eigenvalue weighted by Crippen LogP contribution is -2.52. The minimum absolute atomic E-state index is 0.0403. The summed E-state index contributed by atoms with van der Waals surface area (Å²) in [4.78, 5) is 15.5. The van der Waals surface area contributed by atoms with Gasteiger partial charge in [0.15, 0.2) is 0 Å². The van der Waals surface area contributed by atoms with Crippen molar-refractivity contribution in [3.63, 3.8) is 0 Å². The largest absolute Gasteiger partial charge is 0.352 e. The number of hydrazine groups is 1. The van der Waals surface area contributed by atoms with Gasteiger partial charge in [-0.2, -0.15) is 0 Å². The number of halogens is 2. The van der Waals surface area contributed by atoms with E-state index in [1.165, 1.54) is 18.2 Å². The molecular weight excluding hydrogens is 478 g/mol. The predicted molar refractivity (Wildman–Crippen MR) is 133 cm³/mol. The van der Waals surface area contributed by atoms with Crippen LogP contribution in [0.2, 0.25) is 0 Å². The van der Waals surface area contributed by atoms with Crippen LogP contribution >= 0.6 is 0 Å². The maximum Gasteiger partial charge on any atom is 0.223 e. The lowest BCUT2D eigenvalue weighted by molar-refractivity contribution is -0.127. The summed E-state index contributed by atoms with van der Waals surface area (Å²) in [6.07, 6.45) is 3.56. The summed E-state index contributed by atoms with van der Waals surface area (Å²) in [5.74, 6) is -0.655. The molecule has 196 valence electrons. The summed E-state index contributed by atoms with van der Waals surface area (Å²) < 4.78 is 33.3. The summed E-state index contributed by atoms with van der Waals surface area (Å²) in [6.45, 7) is 1.48. The minimum Gasteiger partial charge on any atom is -0.352 e. The van der Waals surface area contributed by atoms with Crippen molar-refractivity contribution in [2.24, 2.45) is 17.8 Å². The molecule has 2 aliphatic heterocycles. The average Bonchev–Trinajstić information content (AvgIpc) is 3.52. The number of nitrogens with one attached hydrogen (secondary N) is 3. The molecule has 0 radical (unpaired) electrons. The lowest BCUT2D eigenvalue weighted by Gasteiger charge is -2.38. The van der Waals surface area contributed by atoms with Gasteiger partial charge in [0.05, 0.1) is 6.04 Å². The highest BCUT2D eigenvalue weighted by Gasteiger charge is 2.43. The van der Waals surface area contributed by atoms with E-state index < -0.39 is 11.6 Å². The quantitative estimate of drug-likeness (QED) is 0.486. The molecule has 3 N–H and O–H groups in total. The fourth-order valence-corrected chi connectivity index (χ4v) is 6.65. The van der Waals surface area contributed by atoms with Crippen molar-refractivity contribution >= 4 is 16.9 Å². The molecule has 37 heavy (non-hydrogen) atoms. The second kappa shape index (κ2) is 10.1. The van der Waals surface area contributed by atoms with E-state index >= 15 is 0 Å². The van der Waals surface area contributed by atoms with Gasteiger partial charge in [0, 0.05) is 36.7 Å². The number of hydrogen-bond acceptors (Lipinski definition) is 7. The third-order valence-corrected chi connectivity index (χ3v) is 8.38. The van der Waals surface area contributed by atoms with Gasteiger partial charge in [-0.05, 0) is 91.1 Å². The first-order chi connectivity index (χ1) is 17.9. The number of fused-ring (bicyclic) bond motifs is 2. The smallest absolute Gasteiger partial charge is 0.223 e. The Morgan fingerprint density at radius 2 is 1.89 bits per heavy atom. The van der Waals surface area contributed by atoms with Crippen molar-refractivity contribution < 1.29 is 18.2 Å². The van der Waals surface area contributed by atoms with Crippen LogP contribution in [0.1, 0.15) is 42.9 Å². The Kier molecular flexibility index (Phi) is 6.64. The van der Waals surface area contributed by atoms with Gasteiger partial charge in [0.2, 0.25) is 5.91 Å². The molecule has 1 saturated carbocycles. The number of aromatic nitrogens is 2. The summed E-state index contributed by atoms with van der Waals surface area (Å²) in [5.41, 5.74) is 9.53. The Hall–Kier alpha value is -2.95. The van der Waals surface area contributed by atoms with Crippen LogP contribution in [-0.4, -0.2) is 53.3 Å². The van der Waals surface area contributed by atoms with Crippen LogP contribution in [0, 0.1) is 29.4 Å². The maximum atomic E-state index is 14.2. The number of piperidine rings is 1. The average molecular weight is 511 g/mol. The zero-order chi connectivity index (χ0) is 25.5. The summed E-state index contributed by atoms with van der Waals surface area (Å²) in [5, 5.41) is 11.1. The number of carbonyl (C=O) groups excluding carboxylic acids is 1. The van der Waals surface area contributed by atoms with Crippen LogP contribution in [0.5, 0.6) is 0 Å². The molecule has 0 bridgehead atoms. The van der Waals surface area contributed by atoms with E-state index in [1.807, 2.05) is 25.2 Å². The van der Waals surface area contributed by atoms with Crippen molar-refractivity contribution in [2.45, 2.75) is 50.2 Å². The van der Waals surface area contributed by atoms with E-state index in [1.54, 1.807) is 0 Å². The number of likely N-dealkylation sites (tertiary alicyclic amines) is 1. The van der Waals surface area contributed by atoms with Gasteiger partial charge in [0.1, 0.15) is 22.7 Å². The third kappa shape index (κ3) is 4.97. The second-order valence-corrected chi connectivity index (χ2v) is 11.0. The second-order valence-electron chi connectivity index (χ2n) is 11.0. The van der Waals surface area contributed by atoms with Crippen molar-refractivity contribution in [3.05, 3.63) is 59.2 Å². The van der Waals surface area contributed by atoms with Crippen molar-refractivity contribution in [2.75, 3.05) is 20.1 Å². The van der Waals surface area contributed by atoms with Gasteiger partial charge < -0.3 is 10.2 Å². The first-order valence-electron chi connectivity index (χ1n) is 13.1. The first-order valence-corrected chi connectivity index (χ1v) is 13.1.